The monoisotopic (exact) mass is 265 g/mol. The van der Waals surface area contributed by atoms with Crippen molar-refractivity contribution < 1.29 is 4.79 Å². The topological polar surface area (TPSA) is 56.1 Å². The molecule has 2 unspecified atom stereocenters. The van der Waals surface area contributed by atoms with Crippen LogP contribution in [0.2, 0.25) is 0 Å². The lowest BCUT2D eigenvalue weighted by molar-refractivity contribution is -0.124. The highest BCUT2D eigenvalue weighted by atomic mass is 16.1. The van der Waals surface area contributed by atoms with Gasteiger partial charge in [0, 0.05) is 19.1 Å². The first kappa shape index (κ1) is 16.0. The number of carbonyl (C=O) groups excluding carboxylic acids is 1. The minimum atomic E-state index is -0.520. The predicted octanol–water partition coefficient (Wildman–Crippen LogP) is 2.16. The van der Waals surface area contributed by atoms with E-state index in [1.165, 1.54) is 25.8 Å². The number of amides is 1. The summed E-state index contributed by atoms with van der Waals surface area (Å²) in [5.41, 5.74) is 0. The van der Waals surface area contributed by atoms with Crippen LogP contribution in [0, 0.1) is 23.2 Å². The smallest absolute Gasteiger partial charge is 0.237 e. The molecule has 0 aromatic carbocycles. The maximum Gasteiger partial charge on any atom is 0.237 e. The van der Waals surface area contributed by atoms with Crippen molar-refractivity contribution in [3.63, 3.8) is 0 Å². The molecule has 1 amide bonds. The fourth-order valence-electron chi connectivity index (χ4n) is 2.60. The Bertz CT molecular complexity index is 322. The van der Waals surface area contributed by atoms with E-state index in [0.717, 1.165) is 13.0 Å². The van der Waals surface area contributed by atoms with Crippen molar-refractivity contribution in [2.45, 2.75) is 52.5 Å². The molecule has 1 aliphatic rings. The minimum Gasteiger partial charge on any atom is -0.355 e. The third kappa shape index (κ3) is 5.20. The standard InChI is InChI=1S/C15H27N3O/c1-12(2)14(11-16)15(19)17-8-6-10-18-9-5-4-7-13(18)3/h12-14H,4-10H2,1-3H3,(H,17,19). The Kier molecular flexibility index (Phi) is 6.86. The molecule has 0 saturated carbocycles. The summed E-state index contributed by atoms with van der Waals surface area (Å²) in [6.07, 6.45) is 4.88. The van der Waals surface area contributed by atoms with Gasteiger partial charge >= 0.3 is 0 Å². The average Bonchev–Trinajstić information content (AvgIpc) is 2.37. The number of carbonyl (C=O) groups is 1. The molecule has 1 N–H and O–H groups in total. The van der Waals surface area contributed by atoms with Gasteiger partial charge in [-0.1, -0.05) is 20.3 Å². The van der Waals surface area contributed by atoms with Gasteiger partial charge in [0.05, 0.1) is 6.07 Å². The number of likely N-dealkylation sites (tertiary alicyclic amines) is 1. The third-order valence-corrected chi connectivity index (χ3v) is 3.95. The van der Waals surface area contributed by atoms with Crippen molar-refractivity contribution in [3.8, 4) is 6.07 Å². The molecule has 0 radical (unpaired) electrons. The summed E-state index contributed by atoms with van der Waals surface area (Å²) in [6, 6.07) is 2.75. The molecule has 0 aliphatic carbocycles. The average molecular weight is 265 g/mol. The molecular weight excluding hydrogens is 238 g/mol. The van der Waals surface area contributed by atoms with E-state index in [1.807, 2.05) is 13.8 Å². The quantitative estimate of drug-likeness (QED) is 0.749. The van der Waals surface area contributed by atoms with Crippen LogP contribution < -0.4 is 5.32 Å². The van der Waals surface area contributed by atoms with Crippen molar-refractivity contribution >= 4 is 5.91 Å². The van der Waals surface area contributed by atoms with E-state index in [2.05, 4.69) is 23.2 Å². The van der Waals surface area contributed by atoms with Crippen LogP contribution in [-0.2, 0) is 4.79 Å². The van der Waals surface area contributed by atoms with Gasteiger partial charge in [-0.15, -0.1) is 0 Å². The molecule has 0 spiro atoms. The number of rotatable bonds is 6. The molecule has 1 saturated heterocycles. The van der Waals surface area contributed by atoms with Crippen LogP contribution in [0.1, 0.15) is 46.5 Å². The molecule has 4 nitrogen and oxygen atoms in total. The van der Waals surface area contributed by atoms with Crippen LogP contribution in [0.5, 0.6) is 0 Å². The Morgan fingerprint density at radius 3 is 2.79 bits per heavy atom. The Labute approximate surface area is 117 Å². The van der Waals surface area contributed by atoms with Crippen molar-refractivity contribution in [1.82, 2.24) is 10.2 Å². The molecular formula is C15H27N3O. The molecule has 19 heavy (non-hydrogen) atoms. The maximum absolute atomic E-state index is 11.8. The van der Waals surface area contributed by atoms with Crippen molar-refractivity contribution in [2.24, 2.45) is 11.8 Å². The van der Waals surface area contributed by atoms with Gasteiger partial charge in [0.2, 0.25) is 5.91 Å². The second-order valence-corrected chi connectivity index (χ2v) is 5.88. The number of piperidine rings is 1. The zero-order chi connectivity index (χ0) is 14.3. The van der Waals surface area contributed by atoms with Crippen molar-refractivity contribution in [3.05, 3.63) is 0 Å². The van der Waals surface area contributed by atoms with E-state index < -0.39 is 5.92 Å². The summed E-state index contributed by atoms with van der Waals surface area (Å²) in [6.45, 7) is 8.99. The second kappa shape index (κ2) is 8.16. The van der Waals surface area contributed by atoms with Crippen LogP contribution in [0.15, 0.2) is 0 Å². The number of nitrogens with zero attached hydrogens (tertiary/aromatic N) is 2. The molecule has 2 atom stereocenters. The summed E-state index contributed by atoms with van der Waals surface area (Å²) in [5, 5.41) is 11.8. The Morgan fingerprint density at radius 1 is 1.47 bits per heavy atom. The molecule has 4 heteroatoms. The van der Waals surface area contributed by atoms with Gasteiger partial charge in [0.1, 0.15) is 5.92 Å². The Morgan fingerprint density at radius 2 is 2.21 bits per heavy atom. The van der Waals surface area contributed by atoms with Gasteiger partial charge in [-0.3, -0.25) is 4.79 Å². The van der Waals surface area contributed by atoms with Gasteiger partial charge in [-0.2, -0.15) is 5.26 Å². The third-order valence-electron chi connectivity index (χ3n) is 3.95. The molecule has 1 aliphatic heterocycles. The van der Waals surface area contributed by atoms with Gasteiger partial charge in [-0.05, 0) is 38.6 Å². The first-order chi connectivity index (χ1) is 9.06. The first-order valence-electron chi connectivity index (χ1n) is 7.47. The fraction of sp³-hybridized carbons (Fsp3) is 0.867. The van der Waals surface area contributed by atoms with Gasteiger partial charge in [-0.25, -0.2) is 0 Å². The minimum absolute atomic E-state index is 0.0760. The van der Waals surface area contributed by atoms with Crippen molar-refractivity contribution in [2.75, 3.05) is 19.6 Å². The zero-order valence-corrected chi connectivity index (χ0v) is 12.5. The number of nitriles is 1. The summed E-state index contributed by atoms with van der Waals surface area (Å²) < 4.78 is 0. The highest BCUT2D eigenvalue weighted by Gasteiger charge is 2.21. The summed E-state index contributed by atoms with van der Waals surface area (Å²) >= 11 is 0. The maximum atomic E-state index is 11.8. The molecule has 1 heterocycles. The van der Waals surface area contributed by atoms with Crippen molar-refractivity contribution in [1.29, 1.82) is 5.26 Å². The largest absolute Gasteiger partial charge is 0.355 e. The van der Waals surface area contributed by atoms with Crippen LogP contribution in [0.3, 0.4) is 0 Å². The lowest BCUT2D eigenvalue weighted by Crippen LogP contribution is -2.40. The zero-order valence-electron chi connectivity index (χ0n) is 12.5. The Hall–Kier alpha value is -1.08. The summed E-state index contributed by atoms with van der Waals surface area (Å²) in [7, 11) is 0. The van der Waals surface area contributed by atoms with E-state index in [4.69, 9.17) is 5.26 Å². The molecule has 0 bridgehead atoms. The van der Waals surface area contributed by atoms with E-state index in [1.54, 1.807) is 0 Å². The van der Waals surface area contributed by atoms with Crippen LogP contribution in [-0.4, -0.2) is 36.5 Å². The molecule has 1 rings (SSSR count). The second-order valence-electron chi connectivity index (χ2n) is 5.88. The number of hydrogen-bond acceptors (Lipinski definition) is 3. The summed E-state index contributed by atoms with van der Waals surface area (Å²) in [4.78, 5) is 14.3. The van der Waals surface area contributed by atoms with Crippen LogP contribution in [0.25, 0.3) is 0 Å². The summed E-state index contributed by atoms with van der Waals surface area (Å²) in [5.74, 6) is -0.565. The van der Waals surface area contributed by atoms with Gasteiger partial charge in [0.25, 0.3) is 0 Å². The van der Waals surface area contributed by atoms with E-state index >= 15 is 0 Å². The molecule has 1 fully saturated rings. The van der Waals surface area contributed by atoms with Gasteiger partial charge < -0.3 is 10.2 Å². The first-order valence-corrected chi connectivity index (χ1v) is 7.47. The van der Waals surface area contributed by atoms with E-state index in [0.29, 0.717) is 12.6 Å². The Balaban J connectivity index is 2.20. The number of nitrogens with one attached hydrogen (secondary N) is 1. The SMILES string of the molecule is CC(C)C(C#N)C(=O)NCCCN1CCCCC1C. The lowest BCUT2D eigenvalue weighted by Gasteiger charge is -2.33. The fourth-order valence-corrected chi connectivity index (χ4v) is 2.60. The normalized spacial score (nSPS) is 21.9. The highest BCUT2D eigenvalue weighted by molar-refractivity contribution is 5.81. The molecule has 0 aromatic heterocycles. The lowest BCUT2D eigenvalue weighted by atomic mass is 9.97. The highest BCUT2D eigenvalue weighted by Crippen LogP contribution is 2.16. The van der Waals surface area contributed by atoms with Crippen LogP contribution in [0.4, 0.5) is 0 Å². The van der Waals surface area contributed by atoms with E-state index in [9.17, 15) is 4.79 Å². The molecule has 0 aromatic rings. The van der Waals surface area contributed by atoms with Crippen LogP contribution >= 0.6 is 0 Å². The number of hydrogen-bond donors (Lipinski definition) is 1. The van der Waals surface area contributed by atoms with E-state index in [-0.39, 0.29) is 11.8 Å². The van der Waals surface area contributed by atoms with Gasteiger partial charge in [0.15, 0.2) is 0 Å². The predicted molar refractivity (Wildman–Crippen MR) is 76.5 cm³/mol. The molecule has 108 valence electrons.